The maximum absolute atomic E-state index is 12.3. The number of sulfonamides is 1. The molecule has 26 heavy (non-hydrogen) atoms. The van der Waals surface area contributed by atoms with Crippen molar-refractivity contribution >= 4 is 32.5 Å². The number of H-pyrrole nitrogens is 1. The number of halogens is 1. The highest BCUT2D eigenvalue weighted by molar-refractivity contribution is 7.89. The Bertz CT molecular complexity index is 982. The molecule has 0 spiro atoms. The molecule has 0 radical (unpaired) electrons. The minimum atomic E-state index is -3.31. The Morgan fingerprint density at radius 1 is 1.08 bits per heavy atom. The van der Waals surface area contributed by atoms with Gasteiger partial charge in [0.25, 0.3) is 0 Å². The molecule has 3 aromatic rings. The van der Waals surface area contributed by atoms with Crippen molar-refractivity contribution in [3.8, 4) is 0 Å². The summed E-state index contributed by atoms with van der Waals surface area (Å²) in [5.41, 5.74) is 2.97. The van der Waals surface area contributed by atoms with Crippen LogP contribution in [0.1, 0.15) is 36.8 Å². The fraction of sp³-hybridized carbons (Fsp3) is 0.300. The summed E-state index contributed by atoms with van der Waals surface area (Å²) in [5.74, 6) is -0.0247. The van der Waals surface area contributed by atoms with Gasteiger partial charge in [-0.2, -0.15) is 0 Å². The monoisotopic (exact) mass is 390 g/mol. The van der Waals surface area contributed by atoms with Gasteiger partial charge in [-0.25, -0.2) is 13.1 Å². The summed E-state index contributed by atoms with van der Waals surface area (Å²) in [6.45, 7) is 2.26. The lowest BCUT2D eigenvalue weighted by atomic mass is 9.91. The zero-order valence-corrected chi connectivity index (χ0v) is 16.3. The molecule has 6 heteroatoms. The number of hydrogen-bond acceptors (Lipinski definition) is 2. The molecule has 0 aliphatic carbocycles. The summed E-state index contributed by atoms with van der Waals surface area (Å²) < 4.78 is 27.4. The van der Waals surface area contributed by atoms with Crippen LogP contribution in [-0.4, -0.2) is 25.7 Å². The SMILES string of the molecule is CCCCS(=O)(=O)NCC(c1ccccc1Cl)c1c[nH]c2ccccc12. The van der Waals surface area contributed by atoms with Gasteiger partial charge in [0, 0.05) is 34.6 Å². The Labute approximate surface area is 159 Å². The highest BCUT2D eigenvalue weighted by atomic mass is 35.5. The molecule has 0 bridgehead atoms. The number of fused-ring (bicyclic) bond motifs is 1. The van der Waals surface area contributed by atoms with Gasteiger partial charge in [-0.05, 0) is 29.7 Å². The van der Waals surface area contributed by atoms with E-state index >= 15 is 0 Å². The van der Waals surface area contributed by atoms with Crippen molar-refractivity contribution in [2.24, 2.45) is 0 Å². The van der Waals surface area contributed by atoms with Crippen LogP contribution in [0, 0.1) is 0 Å². The lowest BCUT2D eigenvalue weighted by Gasteiger charge is -2.19. The Kier molecular flexibility index (Phi) is 6.01. The van der Waals surface area contributed by atoms with Crippen molar-refractivity contribution in [3.05, 3.63) is 70.9 Å². The van der Waals surface area contributed by atoms with Crippen LogP contribution < -0.4 is 4.72 Å². The van der Waals surface area contributed by atoms with Gasteiger partial charge < -0.3 is 4.98 Å². The van der Waals surface area contributed by atoms with Crippen LogP contribution in [0.2, 0.25) is 5.02 Å². The predicted octanol–water partition coefficient (Wildman–Crippen LogP) is 4.67. The predicted molar refractivity (Wildman–Crippen MR) is 108 cm³/mol. The maximum atomic E-state index is 12.3. The number of para-hydroxylation sites is 1. The molecule has 1 aromatic heterocycles. The normalized spacial score (nSPS) is 13.2. The Balaban J connectivity index is 1.97. The van der Waals surface area contributed by atoms with Crippen molar-refractivity contribution in [1.29, 1.82) is 0 Å². The van der Waals surface area contributed by atoms with Crippen LogP contribution >= 0.6 is 11.6 Å². The Hall–Kier alpha value is -1.82. The van der Waals surface area contributed by atoms with Crippen molar-refractivity contribution in [3.63, 3.8) is 0 Å². The Morgan fingerprint density at radius 3 is 2.58 bits per heavy atom. The van der Waals surface area contributed by atoms with Gasteiger partial charge in [0.1, 0.15) is 0 Å². The summed E-state index contributed by atoms with van der Waals surface area (Å²) in [6, 6.07) is 15.6. The number of unbranched alkanes of at least 4 members (excludes halogenated alkanes) is 1. The number of benzene rings is 2. The highest BCUT2D eigenvalue weighted by Crippen LogP contribution is 2.34. The quantitative estimate of drug-likeness (QED) is 0.587. The fourth-order valence-corrected chi connectivity index (χ4v) is 4.65. The molecular weight excluding hydrogens is 368 g/mol. The van der Waals surface area contributed by atoms with Gasteiger partial charge in [0.2, 0.25) is 10.0 Å². The van der Waals surface area contributed by atoms with Crippen molar-refractivity contribution in [1.82, 2.24) is 9.71 Å². The van der Waals surface area contributed by atoms with Crippen LogP contribution in [0.25, 0.3) is 10.9 Å². The van der Waals surface area contributed by atoms with Gasteiger partial charge in [-0.1, -0.05) is 61.3 Å². The van der Waals surface area contributed by atoms with Crippen LogP contribution in [-0.2, 0) is 10.0 Å². The first-order valence-electron chi connectivity index (χ1n) is 8.79. The minimum absolute atomic E-state index is 0.145. The third-order valence-electron chi connectivity index (χ3n) is 4.55. The van der Waals surface area contributed by atoms with Crippen LogP contribution in [0.3, 0.4) is 0 Å². The third kappa shape index (κ3) is 4.29. The topological polar surface area (TPSA) is 62.0 Å². The molecule has 3 rings (SSSR count). The number of rotatable bonds is 8. The van der Waals surface area contributed by atoms with E-state index in [1.54, 1.807) is 0 Å². The van der Waals surface area contributed by atoms with Crippen molar-refractivity contribution in [2.45, 2.75) is 25.7 Å². The van der Waals surface area contributed by atoms with Gasteiger partial charge >= 0.3 is 0 Å². The number of aromatic nitrogens is 1. The molecule has 1 heterocycles. The summed E-state index contributed by atoms with van der Waals surface area (Å²) >= 11 is 6.43. The molecule has 0 amide bonds. The lowest BCUT2D eigenvalue weighted by molar-refractivity contribution is 0.574. The fourth-order valence-electron chi connectivity index (χ4n) is 3.14. The third-order valence-corrected chi connectivity index (χ3v) is 6.33. The molecule has 0 saturated heterocycles. The van der Waals surface area contributed by atoms with E-state index in [0.29, 0.717) is 11.4 Å². The van der Waals surface area contributed by atoms with Crippen LogP contribution in [0.15, 0.2) is 54.7 Å². The largest absolute Gasteiger partial charge is 0.361 e. The first-order valence-corrected chi connectivity index (χ1v) is 10.8. The van der Waals surface area contributed by atoms with Crippen LogP contribution in [0.4, 0.5) is 0 Å². The first kappa shape index (κ1) is 19.0. The molecule has 2 aromatic carbocycles. The first-order chi connectivity index (χ1) is 12.5. The maximum Gasteiger partial charge on any atom is 0.211 e. The van der Waals surface area contributed by atoms with E-state index in [1.807, 2.05) is 61.7 Å². The van der Waals surface area contributed by atoms with Gasteiger partial charge in [-0.15, -0.1) is 0 Å². The number of aromatic amines is 1. The zero-order chi connectivity index (χ0) is 18.6. The summed E-state index contributed by atoms with van der Waals surface area (Å²) in [4.78, 5) is 3.27. The second-order valence-electron chi connectivity index (χ2n) is 6.38. The lowest BCUT2D eigenvalue weighted by Crippen LogP contribution is -2.31. The van der Waals surface area contributed by atoms with E-state index in [0.717, 1.165) is 28.5 Å². The second kappa shape index (κ2) is 8.25. The minimum Gasteiger partial charge on any atom is -0.361 e. The zero-order valence-electron chi connectivity index (χ0n) is 14.7. The molecule has 2 N–H and O–H groups in total. The van der Waals surface area contributed by atoms with Crippen molar-refractivity contribution < 1.29 is 8.42 Å². The van der Waals surface area contributed by atoms with Gasteiger partial charge in [-0.3, -0.25) is 0 Å². The number of hydrogen-bond donors (Lipinski definition) is 2. The van der Waals surface area contributed by atoms with E-state index in [4.69, 9.17) is 11.6 Å². The average Bonchev–Trinajstić information content (AvgIpc) is 3.06. The molecule has 138 valence electrons. The smallest absolute Gasteiger partial charge is 0.211 e. The molecule has 4 nitrogen and oxygen atoms in total. The molecule has 0 aliphatic heterocycles. The molecule has 1 atom stereocenters. The molecule has 1 unspecified atom stereocenters. The average molecular weight is 391 g/mol. The van der Waals surface area contributed by atoms with Crippen molar-refractivity contribution in [2.75, 3.05) is 12.3 Å². The van der Waals surface area contributed by atoms with E-state index in [-0.39, 0.29) is 18.2 Å². The van der Waals surface area contributed by atoms with Gasteiger partial charge in [0.05, 0.1) is 5.75 Å². The van der Waals surface area contributed by atoms with E-state index in [1.165, 1.54) is 0 Å². The summed E-state index contributed by atoms with van der Waals surface area (Å²) in [7, 11) is -3.31. The summed E-state index contributed by atoms with van der Waals surface area (Å²) in [5, 5.41) is 1.71. The molecular formula is C20H23ClN2O2S. The number of nitrogens with one attached hydrogen (secondary N) is 2. The summed E-state index contributed by atoms with van der Waals surface area (Å²) in [6.07, 6.45) is 3.44. The second-order valence-corrected chi connectivity index (χ2v) is 8.72. The van der Waals surface area contributed by atoms with Gasteiger partial charge in [0.15, 0.2) is 0 Å². The van der Waals surface area contributed by atoms with Crippen LogP contribution in [0.5, 0.6) is 0 Å². The molecule has 0 saturated carbocycles. The van der Waals surface area contributed by atoms with E-state index < -0.39 is 10.0 Å². The van der Waals surface area contributed by atoms with E-state index in [9.17, 15) is 8.42 Å². The molecule has 0 aliphatic rings. The molecule has 0 fully saturated rings. The van der Waals surface area contributed by atoms with E-state index in [2.05, 4.69) is 9.71 Å². The Morgan fingerprint density at radius 2 is 1.81 bits per heavy atom. The standard InChI is InChI=1S/C20H23ClN2O2S/c1-2-3-12-26(24,25)23-14-18(15-8-4-6-10-19(15)21)17-13-22-20-11-7-5-9-16(17)20/h4-11,13,18,22-23H,2-3,12,14H2,1H3. The highest BCUT2D eigenvalue weighted by Gasteiger charge is 2.22.